The molecule has 0 radical (unpaired) electrons. The van der Waals surface area contributed by atoms with Gasteiger partial charge in [-0.15, -0.1) is 0 Å². The van der Waals surface area contributed by atoms with Gasteiger partial charge in [-0.2, -0.15) is 0 Å². The Morgan fingerprint density at radius 2 is 1.07 bits per heavy atom. The zero-order valence-electron chi connectivity index (χ0n) is 16.3. The van der Waals surface area contributed by atoms with Gasteiger partial charge in [0.25, 0.3) is 0 Å². The number of benzene rings is 2. The molecule has 0 bridgehead atoms. The Kier molecular flexibility index (Phi) is 4.19. The van der Waals surface area contributed by atoms with Gasteiger partial charge in [-0.1, -0.05) is 0 Å². The van der Waals surface area contributed by atoms with Crippen molar-refractivity contribution >= 4 is 35.6 Å². The van der Waals surface area contributed by atoms with E-state index in [0.717, 1.165) is 0 Å². The van der Waals surface area contributed by atoms with Crippen LogP contribution in [0.2, 0.25) is 0 Å². The maximum absolute atomic E-state index is 7.99. The number of hydrogen-bond acceptors (Lipinski definition) is 0. The van der Waals surface area contributed by atoms with E-state index < -0.39 is 13.9 Å². The van der Waals surface area contributed by atoms with Crippen molar-refractivity contribution in [3.63, 3.8) is 0 Å². The molecule has 0 aliphatic heterocycles. The van der Waals surface area contributed by atoms with Crippen LogP contribution in [0.1, 0.15) is 57.2 Å². The Bertz CT molecular complexity index is 1120. The molecule has 0 amide bonds. The number of allylic oxidation sites excluding steroid dienone is 4. The SMILES string of the molecule is C[CH]=[Zr]([Cl])([Cl])(=[CH]C)([CH]1C=C(C)c2ccccc21)[CH]1C=C(C)c2ccccc21. The molecule has 4 rings (SSSR count). The quantitative estimate of drug-likeness (QED) is 0.421. The fourth-order valence-electron chi connectivity index (χ4n) is 5.38. The van der Waals surface area contributed by atoms with Crippen LogP contribution in [0.25, 0.3) is 11.1 Å². The monoisotopic (exact) mass is 474 g/mol. The molecule has 0 saturated heterocycles. The summed E-state index contributed by atoms with van der Waals surface area (Å²) in [5, 5.41) is 0. The predicted molar refractivity (Wildman–Crippen MR) is 121 cm³/mol. The van der Waals surface area contributed by atoms with Crippen molar-refractivity contribution in [2.45, 2.75) is 34.9 Å². The zero-order valence-corrected chi connectivity index (χ0v) is 20.3. The van der Waals surface area contributed by atoms with E-state index in [-0.39, 0.29) is 7.25 Å². The van der Waals surface area contributed by atoms with Gasteiger partial charge in [0.1, 0.15) is 0 Å². The van der Waals surface area contributed by atoms with Crippen LogP contribution in [0.4, 0.5) is 0 Å². The van der Waals surface area contributed by atoms with Gasteiger partial charge in [-0.05, 0) is 0 Å². The summed E-state index contributed by atoms with van der Waals surface area (Å²) in [6.45, 7) is 8.49. The van der Waals surface area contributed by atoms with Crippen molar-refractivity contribution in [1.29, 1.82) is 0 Å². The summed E-state index contributed by atoms with van der Waals surface area (Å²) >= 11 is -5.19. The first kappa shape index (κ1) is 19.4. The molecule has 0 spiro atoms. The first-order chi connectivity index (χ1) is 12.7. The van der Waals surface area contributed by atoms with E-state index in [4.69, 9.17) is 17.0 Å². The molecule has 0 N–H and O–H groups in total. The van der Waals surface area contributed by atoms with Crippen molar-refractivity contribution in [2.75, 3.05) is 0 Å². The Morgan fingerprint density at radius 1 is 0.704 bits per heavy atom. The summed E-state index contributed by atoms with van der Waals surface area (Å²) < 4.78 is 4.44. The average molecular weight is 477 g/mol. The Labute approximate surface area is 166 Å². The Morgan fingerprint density at radius 3 is 1.44 bits per heavy atom. The number of rotatable bonds is 2. The molecule has 0 nitrogen and oxygen atoms in total. The van der Waals surface area contributed by atoms with Crippen molar-refractivity contribution in [1.82, 2.24) is 0 Å². The summed E-state index contributed by atoms with van der Waals surface area (Å²) in [5.74, 6) is 0. The normalized spacial score (nSPS) is 22.1. The minimum atomic E-state index is -5.19. The second-order valence-electron chi connectivity index (χ2n) is 8.35. The van der Waals surface area contributed by atoms with Gasteiger partial charge in [0.05, 0.1) is 0 Å². The number of fused-ring (bicyclic) bond motifs is 2. The molecule has 2 aromatic carbocycles. The minimum absolute atomic E-state index is 0.0148. The standard InChI is InChI=1S/2C10H9.2C2H4.2ClH.Zr/c2*1-8-6-7-9-4-2-3-5-10(8)9;2*1-2;;;/h2*2-7H,1H3;2*1H,2H3;2*1H;/q;;;;;;+2/p-2. The molecular formula is C24H26Cl2Zr. The Hall–Kier alpha value is -0.877. The molecule has 0 heterocycles. The van der Waals surface area contributed by atoms with Crippen molar-refractivity contribution < 1.29 is 13.9 Å². The third-order valence-corrected chi connectivity index (χ3v) is 35.0. The summed E-state index contributed by atoms with van der Waals surface area (Å²) in [7, 11) is 16.0. The maximum atomic E-state index is 7.99. The second kappa shape index (κ2) is 5.82. The van der Waals surface area contributed by atoms with Crippen LogP contribution in [0.3, 0.4) is 0 Å². The van der Waals surface area contributed by atoms with E-state index in [9.17, 15) is 0 Å². The Balaban J connectivity index is 2.13. The second-order valence-corrected chi connectivity index (χ2v) is 37.5. The van der Waals surface area contributed by atoms with E-state index in [1.807, 2.05) is 0 Å². The molecule has 2 aliphatic rings. The van der Waals surface area contributed by atoms with Crippen molar-refractivity contribution in [2.24, 2.45) is 0 Å². The summed E-state index contributed by atoms with van der Waals surface area (Å²) in [4.78, 5) is 0. The molecule has 2 atom stereocenters. The summed E-state index contributed by atoms with van der Waals surface area (Å²) in [6, 6.07) is 17.2. The fourth-order valence-corrected chi connectivity index (χ4v) is 23.3. The van der Waals surface area contributed by atoms with E-state index in [2.05, 4.69) is 95.8 Å². The third kappa shape index (κ3) is 2.38. The predicted octanol–water partition coefficient (Wildman–Crippen LogP) is 7.48. The van der Waals surface area contributed by atoms with Gasteiger partial charge in [0.15, 0.2) is 0 Å². The van der Waals surface area contributed by atoms with Crippen LogP contribution in [0.15, 0.2) is 60.7 Å². The molecule has 0 fully saturated rings. The fraction of sp³-hybridized carbons (Fsp3) is 0.250. The van der Waals surface area contributed by atoms with Crippen LogP contribution in [-0.2, 0) is 13.9 Å². The number of halogens is 2. The van der Waals surface area contributed by atoms with Crippen molar-refractivity contribution in [3.05, 3.63) is 82.9 Å². The van der Waals surface area contributed by atoms with Crippen LogP contribution < -0.4 is 0 Å². The summed E-state index contributed by atoms with van der Waals surface area (Å²) in [5.41, 5.74) is 7.62. The molecule has 140 valence electrons. The van der Waals surface area contributed by atoms with Crippen molar-refractivity contribution in [3.8, 4) is 0 Å². The third-order valence-electron chi connectivity index (χ3n) is 7.26. The van der Waals surface area contributed by atoms with Gasteiger partial charge >= 0.3 is 167 Å². The van der Waals surface area contributed by atoms with Crippen LogP contribution in [-0.4, -0.2) is 7.42 Å². The first-order valence-corrected chi connectivity index (χ1v) is 21.7. The topological polar surface area (TPSA) is 0 Å². The summed E-state index contributed by atoms with van der Waals surface area (Å²) in [6.07, 6.45) is 4.65. The van der Waals surface area contributed by atoms with Crippen LogP contribution in [0, 0.1) is 0 Å². The number of hydrogen-bond donors (Lipinski definition) is 0. The zero-order chi connectivity index (χ0) is 19.5. The molecule has 2 aliphatic carbocycles. The molecule has 0 saturated carbocycles. The van der Waals surface area contributed by atoms with Crippen LogP contribution in [0.5, 0.6) is 0 Å². The van der Waals surface area contributed by atoms with Gasteiger partial charge in [-0.3, -0.25) is 0 Å². The average Bonchev–Trinajstić information content (AvgIpc) is 3.23. The van der Waals surface area contributed by atoms with E-state index >= 15 is 0 Å². The van der Waals surface area contributed by atoms with Gasteiger partial charge in [0, 0.05) is 0 Å². The first-order valence-electron chi connectivity index (χ1n) is 9.66. The molecule has 27 heavy (non-hydrogen) atoms. The van der Waals surface area contributed by atoms with Gasteiger partial charge < -0.3 is 0 Å². The molecule has 2 unspecified atom stereocenters. The molecular weight excluding hydrogens is 450 g/mol. The van der Waals surface area contributed by atoms with Gasteiger partial charge in [-0.25, -0.2) is 0 Å². The van der Waals surface area contributed by atoms with Crippen LogP contribution >= 0.6 is 17.0 Å². The van der Waals surface area contributed by atoms with Gasteiger partial charge in [0.2, 0.25) is 0 Å². The van der Waals surface area contributed by atoms with E-state index in [1.165, 1.54) is 33.4 Å². The van der Waals surface area contributed by atoms with E-state index in [1.54, 1.807) is 0 Å². The molecule has 3 heteroatoms. The molecule has 2 aromatic rings. The molecule has 0 aromatic heterocycles. The van der Waals surface area contributed by atoms with E-state index in [0.29, 0.717) is 0 Å².